The van der Waals surface area contributed by atoms with Crippen LogP contribution in [0.15, 0.2) is 18.2 Å². The van der Waals surface area contributed by atoms with E-state index in [-0.39, 0.29) is 11.3 Å². The maximum Gasteiger partial charge on any atom is 0.405 e. The van der Waals surface area contributed by atoms with Crippen molar-refractivity contribution in [3.8, 4) is 0 Å². The lowest BCUT2D eigenvalue weighted by Crippen LogP contribution is -2.33. The van der Waals surface area contributed by atoms with Crippen LogP contribution in [-0.4, -0.2) is 43.4 Å². The molecule has 1 aliphatic heterocycles. The Labute approximate surface area is 180 Å². The van der Waals surface area contributed by atoms with Gasteiger partial charge >= 0.3 is 6.18 Å². The Balaban J connectivity index is 1.92. The van der Waals surface area contributed by atoms with E-state index in [1.807, 2.05) is 27.7 Å². The molecule has 5 nitrogen and oxygen atoms in total. The van der Waals surface area contributed by atoms with Gasteiger partial charge in [0.1, 0.15) is 12.2 Å². The minimum Gasteiger partial charge on any atom is -0.381 e. The Bertz CT molecular complexity index is 946. The van der Waals surface area contributed by atoms with Gasteiger partial charge in [-0.2, -0.15) is 13.2 Å². The molecule has 0 saturated carbocycles. The second-order valence-electron chi connectivity index (χ2n) is 9.26. The van der Waals surface area contributed by atoms with E-state index in [9.17, 15) is 18.0 Å². The highest BCUT2D eigenvalue weighted by atomic mass is 19.4. The molecule has 1 unspecified atom stereocenters. The standard InChI is InChI=1S/C23H30F3N3O2/c1-14-8-19(21(30)27-11-15-6-5-7-31-12-15)29-20-17(14)9-16(28-13-23(24,25)26)10-18(20)22(2,3)4/h8-10,15,28H,5-7,11-13H2,1-4H3,(H,27,30). The SMILES string of the molecule is Cc1cc(C(=O)NCC2CCCOC2)nc2c(C(C)(C)C)cc(NCC(F)(F)F)cc12. The summed E-state index contributed by atoms with van der Waals surface area (Å²) in [5.74, 6) is 0.0429. The fourth-order valence-corrected chi connectivity index (χ4v) is 3.78. The summed E-state index contributed by atoms with van der Waals surface area (Å²) in [7, 11) is 0. The van der Waals surface area contributed by atoms with Crippen molar-refractivity contribution in [1.82, 2.24) is 10.3 Å². The van der Waals surface area contributed by atoms with Gasteiger partial charge in [0.2, 0.25) is 0 Å². The third-order valence-corrected chi connectivity index (χ3v) is 5.46. The number of amides is 1. The lowest BCUT2D eigenvalue weighted by Gasteiger charge is -2.24. The van der Waals surface area contributed by atoms with Crippen LogP contribution in [0.5, 0.6) is 0 Å². The molecule has 1 aromatic heterocycles. The number of halogens is 3. The van der Waals surface area contributed by atoms with E-state index in [1.165, 1.54) is 0 Å². The molecule has 2 heterocycles. The summed E-state index contributed by atoms with van der Waals surface area (Å²) in [6, 6.07) is 5.05. The molecule has 8 heteroatoms. The number of nitrogens with zero attached hydrogens (tertiary/aromatic N) is 1. The molecule has 1 aliphatic rings. The topological polar surface area (TPSA) is 63.2 Å². The normalized spacial score (nSPS) is 17.6. The number of nitrogens with one attached hydrogen (secondary N) is 2. The minimum absolute atomic E-state index is 0.255. The van der Waals surface area contributed by atoms with Crippen molar-refractivity contribution in [2.45, 2.75) is 52.1 Å². The van der Waals surface area contributed by atoms with Crippen molar-refractivity contribution in [1.29, 1.82) is 0 Å². The first kappa shape index (κ1) is 23.3. The summed E-state index contributed by atoms with van der Waals surface area (Å²) in [5, 5.41) is 6.15. The van der Waals surface area contributed by atoms with Crippen molar-refractivity contribution < 1.29 is 22.7 Å². The molecule has 2 aromatic rings. The van der Waals surface area contributed by atoms with Crippen LogP contribution in [-0.2, 0) is 10.2 Å². The van der Waals surface area contributed by atoms with E-state index in [0.717, 1.165) is 36.0 Å². The summed E-state index contributed by atoms with van der Waals surface area (Å²) < 4.78 is 43.5. The molecule has 1 amide bonds. The number of carbonyl (C=O) groups excluding carboxylic acids is 1. The second-order valence-corrected chi connectivity index (χ2v) is 9.26. The second kappa shape index (κ2) is 9.02. The average molecular weight is 438 g/mol. The van der Waals surface area contributed by atoms with Crippen LogP contribution in [0.4, 0.5) is 18.9 Å². The number of pyridine rings is 1. The maximum atomic E-state index is 12.8. The van der Waals surface area contributed by atoms with E-state index < -0.39 is 12.7 Å². The number of rotatable bonds is 5. The summed E-state index contributed by atoms with van der Waals surface area (Å²) in [6.07, 6.45) is -2.30. The van der Waals surface area contributed by atoms with E-state index in [4.69, 9.17) is 4.74 Å². The molecule has 0 spiro atoms. The number of aryl methyl sites for hydroxylation is 1. The van der Waals surface area contributed by atoms with Crippen LogP contribution < -0.4 is 10.6 Å². The molecular weight excluding hydrogens is 407 g/mol. The van der Waals surface area contributed by atoms with Gasteiger partial charge in [-0.05, 0) is 60.4 Å². The first-order chi connectivity index (χ1) is 14.4. The van der Waals surface area contributed by atoms with E-state index in [1.54, 1.807) is 18.2 Å². The molecule has 31 heavy (non-hydrogen) atoms. The summed E-state index contributed by atoms with van der Waals surface area (Å²) in [6.45, 7) is 8.60. The molecule has 1 saturated heterocycles. The van der Waals surface area contributed by atoms with Gasteiger partial charge in [-0.25, -0.2) is 4.98 Å². The zero-order chi connectivity index (χ0) is 22.8. The number of anilines is 1. The zero-order valence-corrected chi connectivity index (χ0v) is 18.4. The fourth-order valence-electron chi connectivity index (χ4n) is 3.78. The number of hydrogen-bond donors (Lipinski definition) is 2. The van der Waals surface area contributed by atoms with Crippen LogP contribution in [0.3, 0.4) is 0 Å². The number of hydrogen-bond acceptors (Lipinski definition) is 4. The molecule has 3 rings (SSSR count). The number of fused-ring (bicyclic) bond motifs is 1. The molecule has 0 aliphatic carbocycles. The van der Waals surface area contributed by atoms with Crippen molar-refractivity contribution >= 4 is 22.5 Å². The van der Waals surface area contributed by atoms with Gasteiger partial charge in [-0.3, -0.25) is 4.79 Å². The van der Waals surface area contributed by atoms with Crippen molar-refractivity contribution in [2.75, 3.05) is 31.6 Å². The van der Waals surface area contributed by atoms with Gasteiger partial charge < -0.3 is 15.4 Å². The van der Waals surface area contributed by atoms with Gasteiger partial charge in [-0.15, -0.1) is 0 Å². The molecule has 1 atom stereocenters. The summed E-state index contributed by atoms with van der Waals surface area (Å²) >= 11 is 0. The number of benzene rings is 1. The molecule has 1 aromatic carbocycles. The summed E-state index contributed by atoms with van der Waals surface area (Å²) in [4.78, 5) is 17.4. The number of aromatic nitrogens is 1. The predicted octanol–water partition coefficient (Wildman–Crippen LogP) is 4.97. The first-order valence-electron chi connectivity index (χ1n) is 10.6. The molecule has 0 bridgehead atoms. The van der Waals surface area contributed by atoms with Gasteiger partial charge in [0, 0.05) is 24.2 Å². The minimum atomic E-state index is -4.31. The lowest BCUT2D eigenvalue weighted by atomic mass is 9.84. The summed E-state index contributed by atoms with van der Waals surface area (Å²) in [5.41, 5.74) is 2.53. The van der Waals surface area contributed by atoms with Crippen LogP contribution in [0, 0.1) is 12.8 Å². The van der Waals surface area contributed by atoms with Crippen molar-refractivity contribution in [3.05, 3.63) is 35.0 Å². The molecule has 0 radical (unpaired) electrons. The van der Waals surface area contributed by atoms with Gasteiger partial charge in [0.05, 0.1) is 12.1 Å². The van der Waals surface area contributed by atoms with E-state index in [0.29, 0.717) is 36.0 Å². The Hall–Kier alpha value is -2.35. The highest BCUT2D eigenvalue weighted by Gasteiger charge is 2.27. The van der Waals surface area contributed by atoms with Crippen LogP contribution in [0.2, 0.25) is 0 Å². The van der Waals surface area contributed by atoms with Crippen LogP contribution in [0.1, 0.15) is 55.2 Å². The third-order valence-electron chi connectivity index (χ3n) is 5.46. The molecule has 170 valence electrons. The number of alkyl halides is 3. The Morgan fingerprint density at radius 1 is 1.23 bits per heavy atom. The van der Waals surface area contributed by atoms with Gasteiger partial charge in [0.15, 0.2) is 0 Å². The number of ether oxygens (including phenoxy) is 1. The monoisotopic (exact) mass is 437 g/mol. The van der Waals surface area contributed by atoms with Crippen LogP contribution in [0.25, 0.3) is 10.9 Å². The highest BCUT2D eigenvalue weighted by Crippen LogP contribution is 2.34. The number of carbonyl (C=O) groups is 1. The highest BCUT2D eigenvalue weighted by molar-refractivity contribution is 5.97. The Kier molecular flexibility index (Phi) is 6.79. The maximum absolute atomic E-state index is 12.8. The Morgan fingerprint density at radius 3 is 2.58 bits per heavy atom. The zero-order valence-electron chi connectivity index (χ0n) is 18.4. The van der Waals surface area contributed by atoms with Crippen molar-refractivity contribution in [2.24, 2.45) is 5.92 Å². The molecule has 1 fully saturated rings. The molecule has 2 N–H and O–H groups in total. The van der Waals surface area contributed by atoms with Gasteiger partial charge in [-0.1, -0.05) is 20.8 Å². The third kappa shape index (κ3) is 6.09. The predicted molar refractivity (Wildman–Crippen MR) is 116 cm³/mol. The van der Waals surface area contributed by atoms with Gasteiger partial charge in [0.25, 0.3) is 5.91 Å². The fraction of sp³-hybridized carbons (Fsp3) is 0.565. The quantitative estimate of drug-likeness (QED) is 0.693. The largest absolute Gasteiger partial charge is 0.405 e. The Morgan fingerprint density at radius 2 is 1.97 bits per heavy atom. The average Bonchev–Trinajstić information content (AvgIpc) is 2.69. The van der Waals surface area contributed by atoms with Crippen molar-refractivity contribution in [3.63, 3.8) is 0 Å². The first-order valence-corrected chi connectivity index (χ1v) is 10.6. The smallest absolute Gasteiger partial charge is 0.381 e. The molecular formula is C23H30F3N3O2. The lowest BCUT2D eigenvalue weighted by molar-refractivity contribution is -0.115. The van der Waals surface area contributed by atoms with E-state index in [2.05, 4.69) is 15.6 Å². The van der Waals surface area contributed by atoms with E-state index >= 15 is 0 Å². The van der Waals surface area contributed by atoms with Crippen LogP contribution >= 0.6 is 0 Å².